The molecule has 0 amide bonds. The summed E-state index contributed by atoms with van der Waals surface area (Å²) in [5.41, 5.74) is 1.77. The Labute approximate surface area is 96.4 Å². The maximum absolute atomic E-state index is 11.7. The Morgan fingerprint density at radius 3 is 2.38 bits per heavy atom. The van der Waals surface area contributed by atoms with E-state index in [0.29, 0.717) is 0 Å². The molecule has 0 unspecified atom stereocenters. The van der Waals surface area contributed by atoms with Gasteiger partial charge in [0.05, 0.1) is 4.90 Å². The first kappa shape index (κ1) is 12.7. The summed E-state index contributed by atoms with van der Waals surface area (Å²) in [4.78, 5) is 2.43. The zero-order chi connectivity index (χ0) is 12.2. The lowest BCUT2D eigenvalue weighted by Gasteiger charge is -2.04. The molecule has 0 aliphatic carbocycles. The van der Waals surface area contributed by atoms with Gasteiger partial charge >= 0.3 is 0 Å². The number of nitrogens with one attached hydrogen (secondary N) is 1. The second-order valence-electron chi connectivity index (χ2n) is 3.61. The summed E-state index contributed by atoms with van der Waals surface area (Å²) in [6.45, 7) is 5.60. The van der Waals surface area contributed by atoms with E-state index in [9.17, 15) is 8.42 Å². The molecule has 0 aliphatic rings. The molecule has 88 valence electrons. The Bertz CT molecular complexity index is 475. The minimum absolute atomic E-state index is 0.228. The van der Waals surface area contributed by atoms with Gasteiger partial charge in [-0.1, -0.05) is 24.6 Å². The molecule has 1 rings (SSSR count). The number of hydrogen-bond donors (Lipinski definition) is 1. The van der Waals surface area contributed by atoms with Gasteiger partial charge in [0.2, 0.25) is 0 Å². The van der Waals surface area contributed by atoms with Crippen LogP contribution in [0.15, 0.2) is 34.3 Å². The van der Waals surface area contributed by atoms with Crippen LogP contribution in [0.4, 0.5) is 0 Å². The van der Waals surface area contributed by atoms with Gasteiger partial charge in [-0.05, 0) is 32.4 Å². The molecule has 0 saturated carbocycles. The van der Waals surface area contributed by atoms with Crippen LogP contribution in [0.3, 0.4) is 0 Å². The number of benzene rings is 1. The van der Waals surface area contributed by atoms with Crippen LogP contribution in [-0.2, 0) is 10.0 Å². The average Bonchev–Trinajstić information content (AvgIpc) is 2.26. The molecule has 0 heterocycles. The Morgan fingerprint density at radius 1 is 1.31 bits per heavy atom. The molecule has 0 bridgehead atoms. The van der Waals surface area contributed by atoms with Gasteiger partial charge in [-0.3, -0.25) is 0 Å². The number of sulfonamides is 1. The topological polar surface area (TPSA) is 58.5 Å². The van der Waals surface area contributed by atoms with Crippen LogP contribution in [0.2, 0.25) is 0 Å². The molecule has 0 saturated heterocycles. The fourth-order valence-electron chi connectivity index (χ4n) is 0.987. The monoisotopic (exact) mass is 240 g/mol. The summed E-state index contributed by atoms with van der Waals surface area (Å²) in [6, 6.07) is 6.64. The highest BCUT2D eigenvalue weighted by Crippen LogP contribution is 2.09. The first-order chi connectivity index (χ1) is 7.45. The van der Waals surface area contributed by atoms with Crippen molar-refractivity contribution in [3.05, 3.63) is 29.8 Å². The highest BCUT2D eigenvalue weighted by atomic mass is 32.2. The second-order valence-corrected chi connectivity index (χ2v) is 5.27. The summed E-state index contributed by atoms with van der Waals surface area (Å²) in [7, 11) is -3.52. The van der Waals surface area contributed by atoms with Gasteiger partial charge in [0.1, 0.15) is 0 Å². The molecule has 0 aromatic heterocycles. The summed E-state index contributed by atoms with van der Waals surface area (Å²) >= 11 is 0. The molecule has 0 radical (unpaired) electrons. The molecule has 0 spiro atoms. The van der Waals surface area contributed by atoms with Crippen LogP contribution in [0.5, 0.6) is 0 Å². The average molecular weight is 240 g/mol. The van der Waals surface area contributed by atoms with E-state index in [-0.39, 0.29) is 4.90 Å². The Hall–Kier alpha value is -1.36. The third kappa shape index (κ3) is 3.34. The highest BCUT2D eigenvalue weighted by molar-refractivity contribution is 7.89. The summed E-state index contributed by atoms with van der Waals surface area (Å²) in [5, 5.41) is 3.79. The van der Waals surface area contributed by atoms with Crippen molar-refractivity contribution in [1.82, 2.24) is 4.83 Å². The predicted octanol–water partition coefficient (Wildman–Crippen LogP) is 2.06. The van der Waals surface area contributed by atoms with Gasteiger partial charge in [0.25, 0.3) is 10.0 Å². The highest BCUT2D eigenvalue weighted by Gasteiger charge is 2.11. The summed E-state index contributed by atoms with van der Waals surface area (Å²) < 4.78 is 23.5. The molecule has 4 nitrogen and oxygen atoms in total. The quantitative estimate of drug-likeness (QED) is 0.647. The Balaban J connectivity index is 2.91. The van der Waals surface area contributed by atoms with Crippen LogP contribution in [0.25, 0.3) is 0 Å². The van der Waals surface area contributed by atoms with E-state index in [1.165, 1.54) is 0 Å². The Morgan fingerprint density at radius 2 is 1.88 bits per heavy atom. The van der Waals surface area contributed by atoms with Gasteiger partial charge in [-0.2, -0.15) is 13.5 Å². The number of aryl methyl sites for hydroxylation is 1. The van der Waals surface area contributed by atoms with Gasteiger partial charge in [0.15, 0.2) is 0 Å². The van der Waals surface area contributed by atoms with E-state index < -0.39 is 10.0 Å². The van der Waals surface area contributed by atoms with E-state index in [2.05, 4.69) is 9.93 Å². The molecule has 16 heavy (non-hydrogen) atoms. The van der Waals surface area contributed by atoms with E-state index in [4.69, 9.17) is 0 Å². The van der Waals surface area contributed by atoms with Crippen molar-refractivity contribution < 1.29 is 8.42 Å². The van der Waals surface area contributed by atoms with Gasteiger partial charge in [0, 0.05) is 5.71 Å². The molecule has 0 atom stereocenters. The molecule has 1 aromatic carbocycles. The van der Waals surface area contributed by atoms with E-state index in [0.717, 1.165) is 17.7 Å². The lowest BCUT2D eigenvalue weighted by molar-refractivity contribution is 0.584. The van der Waals surface area contributed by atoms with Crippen molar-refractivity contribution in [2.24, 2.45) is 5.10 Å². The molecule has 1 aromatic rings. The molecule has 0 fully saturated rings. The lowest BCUT2D eigenvalue weighted by Crippen LogP contribution is -2.19. The van der Waals surface area contributed by atoms with Gasteiger partial charge in [-0.25, -0.2) is 4.83 Å². The third-order valence-corrected chi connectivity index (χ3v) is 3.42. The molecule has 5 heteroatoms. The van der Waals surface area contributed by atoms with Crippen LogP contribution < -0.4 is 4.83 Å². The number of hydrazone groups is 1. The minimum atomic E-state index is -3.52. The third-order valence-electron chi connectivity index (χ3n) is 2.20. The van der Waals surface area contributed by atoms with Crippen LogP contribution >= 0.6 is 0 Å². The molecule has 0 aliphatic heterocycles. The van der Waals surface area contributed by atoms with Crippen molar-refractivity contribution in [3.8, 4) is 0 Å². The number of hydrogen-bond acceptors (Lipinski definition) is 3. The smallest absolute Gasteiger partial charge is 0.200 e. The van der Waals surface area contributed by atoms with Crippen molar-refractivity contribution >= 4 is 15.7 Å². The van der Waals surface area contributed by atoms with E-state index in [1.54, 1.807) is 31.2 Å². The summed E-state index contributed by atoms with van der Waals surface area (Å²) in [6.07, 6.45) is 0.719. The van der Waals surface area contributed by atoms with Crippen molar-refractivity contribution in [2.75, 3.05) is 0 Å². The van der Waals surface area contributed by atoms with E-state index >= 15 is 0 Å². The standard InChI is InChI=1S/C11H16N2O2S/c1-4-10(3)12-13-16(14,15)11-7-5-9(2)6-8-11/h5-8,13H,4H2,1-3H3/b12-10+. The summed E-state index contributed by atoms with van der Waals surface area (Å²) in [5.74, 6) is 0. The van der Waals surface area contributed by atoms with Crippen molar-refractivity contribution in [1.29, 1.82) is 0 Å². The minimum Gasteiger partial charge on any atom is -0.200 e. The lowest BCUT2D eigenvalue weighted by atomic mass is 10.2. The fourth-order valence-corrected chi connectivity index (χ4v) is 1.86. The normalized spacial score (nSPS) is 12.6. The fraction of sp³-hybridized carbons (Fsp3) is 0.364. The SMILES string of the molecule is CC/C(C)=N/NS(=O)(=O)c1ccc(C)cc1. The second kappa shape index (κ2) is 5.12. The Kier molecular flexibility index (Phi) is 4.06. The van der Waals surface area contributed by atoms with Gasteiger partial charge in [-0.15, -0.1) is 0 Å². The molecule has 1 N–H and O–H groups in total. The van der Waals surface area contributed by atoms with Gasteiger partial charge < -0.3 is 0 Å². The maximum atomic E-state index is 11.7. The molecular formula is C11H16N2O2S. The number of rotatable bonds is 4. The molecular weight excluding hydrogens is 224 g/mol. The van der Waals surface area contributed by atoms with Crippen molar-refractivity contribution in [3.63, 3.8) is 0 Å². The van der Waals surface area contributed by atoms with Crippen LogP contribution in [0, 0.1) is 6.92 Å². The maximum Gasteiger partial charge on any atom is 0.276 e. The zero-order valence-corrected chi connectivity index (χ0v) is 10.5. The first-order valence-corrected chi connectivity index (χ1v) is 6.55. The van der Waals surface area contributed by atoms with Crippen molar-refractivity contribution in [2.45, 2.75) is 32.1 Å². The van der Waals surface area contributed by atoms with Crippen LogP contribution in [-0.4, -0.2) is 14.1 Å². The largest absolute Gasteiger partial charge is 0.276 e. The predicted molar refractivity (Wildman–Crippen MR) is 64.9 cm³/mol. The number of nitrogens with zero attached hydrogens (tertiary/aromatic N) is 1. The van der Waals surface area contributed by atoms with Crippen LogP contribution in [0.1, 0.15) is 25.8 Å². The first-order valence-electron chi connectivity index (χ1n) is 5.07. The zero-order valence-electron chi connectivity index (χ0n) is 9.69. The van der Waals surface area contributed by atoms with E-state index in [1.807, 2.05) is 13.8 Å².